The van der Waals surface area contributed by atoms with Gasteiger partial charge in [-0.2, -0.15) is 0 Å². The lowest BCUT2D eigenvalue weighted by molar-refractivity contribution is 0.357. The van der Waals surface area contributed by atoms with Crippen LogP contribution in [0, 0.1) is 0 Å². The van der Waals surface area contributed by atoms with Crippen LogP contribution in [0.2, 0.25) is 0 Å². The molecule has 0 saturated heterocycles. The molecule has 11 nitrogen and oxygen atoms in total. The molecule has 0 amide bonds. The van der Waals surface area contributed by atoms with Crippen LogP contribution >= 0.6 is 24.7 Å². The number of hydrogen-bond donors (Lipinski definition) is 1. The summed E-state index contributed by atoms with van der Waals surface area (Å²) in [7, 11) is 2.09. The second-order valence-corrected chi connectivity index (χ2v) is 12.3. The molecule has 0 saturated carbocycles. The van der Waals surface area contributed by atoms with E-state index >= 15 is 0 Å². The highest BCUT2D eigenvalue weighted by atomic mass is 31.3. The van der Waals surface area contributed by atoms with E-state index in [1.807, 2.05) is 6.07 Å². The van der Waals surface area contributed by atoms with Crippen molar-refractivity contribution in [1.29, 1.82) is 0 Å². The predicted octanol–water partition coefficient (Wildman–Crippen LogP) is 7.18. The zero-order valence-electron chi connectivity index (χ0n) is 21.9. The quantitative estimate of drug-likeness (QED) is 0.185. The van der Waals surface area contributed by atoms with Crippen molar-refractivity contribution in [3.63, 3.8) is 0 Å². The van der Waals surface area contributed by atoms with E-state index in [2.05, 4.69) is 4.86 Å². The summed E-state index contributed by atoms with van der Waals surface area (Å²) in [5, 5.41) is 0. The lowest BCUT2D eigenvalue weighted by atomic mass is 10.3. The first kappa shape index (κ1) is 29.9. The molecule has 0 radical (unpaired) electrons. The van der Waals surface area contributed by atoms with E-state index in [4.69, 9.17) is 45.9 Å². The van der Waals surface area contributed by atoms with E-state index in [1.165, 1.54) is 21.3 Å². The van der Waals surface area contributed by atoms with Crippen LogP contribution in [0.4, 0.5) is 0 Å². The van der Waals surface area contributed by atoms with Crippen LogP contribution < -0.4 is 32.6 Å². The predicted molar refractivity (Wildman–Crippen MR) is 148 cm³/mol. The Kier molecular flexibility index (Phi) is 11.9. The van der Waals surface area contributed by atoms with Crippen molar-refractivity contribution >= 4 is 24.7 Å². The molecule has 0 fully saturated rings. The smallest absolute Gasteiger partial charge is 0.377 e. The van der Waals surface area contributed by atoms with Gasteiger partial charge >= 0.3 is 24.7 Å². The zero-order valence-corrected chi connectivity index (χ0v) is 24.6. The third-order valence-electron chi connectivity index (χ3n) is 4.69. The summed E-state index contributed by atoms with van der Waals surface area (Å²) in [4.78, 5) is 3.18. The minimum atomic E-state index is -3.37. The van der Waals surface area contributed by atoms with Gasteiger partial charge in [-0.05, 0) is 36.4 Å². The van der Waals surface area contributed by atoms with Crippen LogP contribution in [-0.4, -0.2) is 42.7 Å². The number of ether oxygens (including phenoxy) is 3. The van der Waals surface area contributed by atoms with Gasteiger partial charge in [0.15, 0.2) is 0 Å². The molecule has 3 aromatic rings. The van der Waals surface area contributed by atoms with Gasteiger partial charge in [0.05, 0.1) is 21.3 Å². The molecular weight excluding hydrogens is 553 g/mol. The molecule has 0 aliphatic rings. The fourth-order valence-electron chi connectivity index (χ4n) is 2.87. The SMILES string of the molecule is COc1cccc(OP(N=P(NP(OC)Oc2cccc(OC)c2)(OC)Oc2cccc(OC)c2)OC)c1. The molecule has 3 rings (SSSR count). The number of benzene rings is 3. The molecule has 0 bridgehead atoms. The van der Waals surface area contributed by atoms with Gasteiger partial charge in [-0.25, -0.2) is 0 Å². The molecule has 1 N–H and O–H groups in total. The molecule has 206 valence electrons. The average Bonchev–Trinajstić information content (AvgIpc) is 2.96. The summed E-state index contributed by atoms with van der Waals surface area (Å²) < 4.78 is 56.1. The number of nitrogens with one attached hydrogen (secondary N) is 1. The molecule has 0 aromatic heterocycles. The van der Waals surface area contributed by atoms with Gasteiger partial charge in [0, 0.05) is 39.5 Å². The van der Waals surface area contributed by atoms with E-state index in [9.17, 15) is 0 Å². The molecule has 0 aliphatic heterocycles. The maximum Gasteiger partial charge on any atom is 0.377 e. The standard InChI is InChI=1S/C24H31N2O9P3/c1-27-19-10-7-13-22(16-19)33-36(30-4)25-38(32-6,35-24-15-9-12-21(18-24)29-3)26-37(31-5)34-23-14-8-11-20(17-23)28-2/h7-18,25H,1-6H3. The average molecular weight is 584 g/mol. The molecule has 0 heterocycles. The Morgan fingerprint density at radius 2 is 1.08 bits per heavy atom. The normalized spacial score (nSPS) is 13.9. The minimum Gasteiger partial charge on any atom is -0.497 e. The van der Waals surface area contributed by atoms with Crippen LogP contribution in [0.15, 0.2) is 77.3 Å². The Hall–Kier alpha value is -2.61. The summed E-state index contributed by atoms with van der Waals surface area (Å²) in [6.07, 6.45) is 0. The second-order valence-electron chi connectivity index (χ2n) is 7.06. The highest BCUT2D eigenvalue weighted by Gasteiger charge is 2.33. The van der Waals surface area contributed by atoms with Crippen molar-refractivity contribution in [1.82, 2.24) is 4.86 Å². The lowest BCUT2D eigenvalue weighted by Gasteiger charge is -2.28. The molecule has 0 aliphatic carbocycles. The van der Waals surface area contributed by atoms with Gasteiger partial charge < -0.3 is 41.4 Å². The highest BCUT2D eigenvalue weighted by molar-refractivity contribution is 7.70. The van der Waals surface area contributed by atoms with Crippen molar-refractivity contribution < 1.29 is 41.4 Å². The van der Waals surface area contributed by atoms with Crippen LogP contribution in [0.5, 0.6) is 34.5 Å². The Morgan fingerprint density at radius 3 is 1.55 bits per heavy atom. The van der Waals surface area contributed by atoms with Gasteiger partial charge in [-0.15, -0.1) is 9.37 Å². The Balaban J connectivity index is 1.97. The Bertz CT molecular complexity index is 1220. The Morgan fingerprint density at radius 1 is 0.605 bits per heavy atom. The first-order chi connectivity index (χ1) is 18.5. The van der Waals surface area contributed by atoms with E-state index in [0.717, 1.165) is 0 Å². The first-order valence-electron chi connectivity index (χ1n) is 11.1. The summed E-state index contributed by atoms with van der Waals surface area (Å²) in [5.41, 5.74) is 0. The lowest BCUT2D eigenvalue weighted by Crippen LogP contribution is -2.15. The third-order valence-corrected chi connectivity index (χ3v) is 10.2. The summed E-state index contributed by atoms with van der Waals surface area (Å²) in [5.74, 6) is 3.31. The zero-order chi connectivity index (χ0) is 27.4. The second kappa shape index (κ2) is 15.1. The fourth-order valence-corrected chi connectivity index (χ4v) is 8.06. The molecule has 3 aromatic carbocycles. The van der Waals surface area contributed by atoms with Crippen molar-refractivity contribution in [2.75, 3.05) is 42.7 Å². The van der Waals surface area contributed by atoms with E-state index in [1.54, 1.807) is 88.1 Å². The topological polar surface area (TPSA) is 107 Å². The maximum absolute atomic E-state index is 6.32. The molecule has 0 spiro atoms. The molecule has 14 heteroatoms. The van der Waals surface area contributed by atoms with Gasteiger partial charge in [0.25, 0.3) is 0 Å². The summed E-state index contributed by atoms with van der Waals surface area (Å²) in [6, 6.07) is 21.3. The number of methoxy groups -OCH3 is 3. The molecular formula is C24H31N2O9P3. The number of rotatable bonds is 15. The maximum atomic E-state index is 6.32. The number of nitrogens with zero attached hydrogens (tertiary/aromatic N) is 1. The monoisotopic (exact) mass is 584 g/mol. The van der Waals surface area contributed by atoms with Crippen LogP contribution in [0.1, 0.15) is 0 Å². The summed E-state index contributed by atoms with van der Waals surface area (Å²) in [6.45, 7) is 0. The minimum absolute atomic E-state index is 0.440. The van der Waals surface area contributed by atoms with E-state index in [-0.39, 0.29) is 0 Å². The van der Waals surface area contributed by atoms with Crippen LogP contribution in [-0.2, 0) is 13.6 Å². The van der Waals surface area contributed by atoms with Crippen molar-refractivity contribution in [3.05, 3.63) is 72.8 Å². The van der Waals surface area contributed by atoms with Crippen molar-refractivity contribution in [3.8, 4) is 34.5 Å². The van der Waals surface area contributed by atoms with Gasteiger partial charge in [0.1, 0.15) is 34.5 Å². The largest absolute Gasteiger partial charge is 0.497 e. The van der Waals surface area contributed by atoms with Gasteiger partial charge in [0.2, 0.25) is 0 Å². The van der Waals surface area contributed by atoms with E-state index < -0.39 is 24.7 Å². The number of hydrogen-bond acceptors (Lipinski definition) is 10. The van der Waals surface area contributed by atoms with Crippen molar-refractivity contribution in [2.45, 2.75) is 0 Å². The molecule has 38 heavy (non-hydrogen) atoms. The van der Waals surface area contributed by atoms with Crippen LogP contribution in [0.3, 0.4) is 0 Å². The van der Waals surface area contributed by atoms with Crippen LogP contribution in [0.25, 0.3) is 0 Å². The Labute approximate surface area is 225 Å². The highest BCUT2D eigenvalue weighted by Crippen LogP contribution is 2.61. The molecule has 3 atom stereocenters. The van der Waals surface area contributed by atoms with Crippen molar-refractivity contribution in [2.24, 2.45) is 4.52 Å². The first-order valence-corrected chi connectivity index (χ1v) is 15.0. The van der Waals surface area contributed by atoms with E-state index in [0.29, 0.717) is 34.5 Å². The van der Waals surface area contributed by atoms with Gasteiger partial charge in [-0.3, -0.25) is 0 Å². The molecule has 3 unspecified atom stereocenters. The third kappa shape index (κ3) is 8.72. The fraction of sp³-hybridized carbons (Fsp3) is 0.250. The van der Waals surface area contributed by atoms with Gasteiger partial charge in [-0.1, -0.05) is 18.2 Å². The summed E-state index contributed by atoms with van der Waals surface area (Å²) >= 11 is 0.